The average Bonchev–Trinajstić information content (AvgIpc) is 2.72. The van der Waals surface area contributed by atoms with Crippen molar-refractivity contribution in [1.29, 1.82) is 0 Å². The molecule has 3 N–H and O–H groups in total. The molecule has 2 aromatic carbocycles. The Labute approximate surface area is 168 Å². The van der Waals surface area contributed by atoms with Crippen molar-refractivity contribution in [2.75, 3.05) is 6.54 Å². The van der Waals surface area contributed by atoms with Gasteiger partial charge in [0, 0.05) is 29.6 Å². The van der Waals surface area contributed by atoms with Gasteiger partial charge in [0.1, 0.15) is 12.4 Å². The van der Waals surface area contributed by atoms with Crippen molar-refractivity contribution in [1.82, 2.24) is 15.2 Å². The number of fused-ring (bicyclic) bond motifs is 1. The summed E-state index contributed by atoms with van der Waals surface area (Å²) in [6.45, 7) is 2.12. The van der Waals surface area contributed by atoms with Gasteiger partial charge in [0.05, 0.1) is 10.4 Å². The van der Waals surface area contributed by atoms with Crippen LogP contribution in [0.4, 0.5) is 0 Å². The number of nitrogens with one attached hydrogen (secondary N) is 2. The molecule has 0 aliphatic carbocycles. The number of rotatable bonds is 8. The molecule has 0 aliphatic rings. The van der Waals surface area contributed by atoms with Crippen LogP contribution >= 0.6 is 0 Å². The summed E-state index contributed by atoms with van der Waals surface area (Å²) in [5.41, 5.74) is 4.23. The Balaban J connectivity index is 1.66. The molecule has 0 bridgehead atoms. The van der Waals surface area contributed by atoms with E-state index in [2.05, 4.69) is 9.71 Å². The standard InChI is InChI=1S/C20H21N3O5S/c1-14-12-15(18-4-2-3-5-19(18)22-14)13-28-16-6-8-17(9-7-16)29(26,27)21-11-10-20(24)23-25/h2-9,12,21,25H,10-11,13H2,1H3,(H,23,24). The summed E-state index contributed by atoms with van der Waals surface area (Å²) in [6, 6.07) is 15.8. The van der Waals surface area contributed by atoms with Crippen molar-refractivity contribution in [3.8, 4) is 5.75 Å². The number of sulfonamides is 1. The van der Waals surface area contributed by atoms with E-state index in [1.807, 2.05) is 37.3 Å². The molecule has 0 radical (unpaired) electrons. The second-order valence-electron chi connectivity index (χ2n) is 6.38. The predicted octanol–water partition coefficient (Wildman–Crippen LogP) is 2.30. The number of ether oxygens (including phenoxy) is 1. The maximum atomic E-state index is 12.2. The van der Waals surface area contributed by atoms with Crippen LogP contribution in [0.1, 0.15) is 17.7 Å². The molecule has 3 aromatic rings. The lowest BCUT2D eigenvalue weighted by Gasteiger charge is -2.11. The molecular weight excluding hydrogens is 394 g/mol. The first kappa shape index (κ1) is 20.7. The highest BCUT2D eigenvalue weighted by molar-refractivity contribution is 7.89. The van der Waals surface area contributed by atoms with Gasteiger partial charge in [-0.25, -0.2) is 18.6 Å². The van der Waals surface area contributed by atoms with Crippen molar-refractivity contribution in [3.05, 3.63) is 65.9 Å². The highest BCUT2D eigenvalue weighted by atomic mass is 32.2. The van der Waals surface area contributed by atoms with Gasteiger partial charge in [-0.3, -0.25) is 15.0 Å². The zero-order valence-electron chi connectivity index (χ0n) is 15.8. The minimum absolute atomic E-state index is 0.0551. The van der Waals surface area contributed by atoms with Crippen molar-refractivity contribution < 1.29 is 23.2 Å². The zero-order valence-corrected chi connectivity index (χ0v) is 16.6. The van der Waals surface area contributed by atoms with Gasteiger partial charge in [-0.05, 0) is 43.3 Å². The van der Waals surface area contributed by atoms with E-state index in [4.69, 9.17) is 9.94 Å². The minimum atomic E-state index is -3.76. The van der Waals surface area contributed by atoms with E-state index in [0.29, 0.717) is 12.4 Å². The predicted molar refractivity (Wildman–Crippen MR) is 107 cm³/mol. The highest BCUT2D eigenvalue weighted by Gasteiger charge is 2.14. The maximum Gasteiger partial charge on any atom is 0.244 e. The third-order valence-electron chi connectivity index (χ3n) is 4.23. The van der Waals surface area contributed by atoms with Gasteiger partial charge in [-0.2, -0.15) is 0 Å². The van der Waals surface area contributed by atoms with Crippen LogP contribution in [0.25, 0.3) is 10.9 Å². The molecule has 0 fully saturated rings. The number of pyridine rings is 1. The molecule has 0 aliphatic heterocycles. The number of amides is 1. The zero-order chi connectivity index (χ0) is 20.9. The normalized spacial score (nSPS) is 11.4. The number of nitrogens with zero attached hydrogens (tertiary/aromatic N) is 1. The van der Waals surface area contributed by atoms with Gasteiger partial charge < -0.3 is 4.74 Å². The third-order valence-corrected chi connectivity index (χ3v) is 5.70. The Kier molecular flexibility index (Phi) is 6.42. The molecular formula is C20H21N3O5S. The number of carbonyl (C=O) groups is 1. The lowest BCUT2D eigenvalue weighted by atomic mass is 10.1. The van der Waals surface area contributed by atoms with Crippen molar-refractivity contribution >= 4 is 26.8 Å². The summed E-state index contributed by atoms with van der Waals surface area (Å²) in [5, 5.41) is 9.43. The average molecular weight is 415 g/mol. The smallest absolute Gasteiger partial charge is 0.244 e. The van der Waals surface area contributed by atoms with Gasteiger partial charge in [0.15, 0.2) is 0 Å². The van der Waals surface area contributed by atoms with E-state index < -0.39 is 15.9 Å². The van der Waals surface area contributed by atoms with Crippen LogP contribution < -0.4 is 14.9 Å². The molecule has 3 rings (SSSR count). The second-order valence-corrected chi connectivity index (χ2v) is 8.15. The highest BCUT2D eigenvalue weighted by Crippen LogP contribution is 2.21. The number of aromatic nitrogens is 1. The van der Waals surface area contributed by atoms with E-state index in [1.54, 1.807) is 12.1 Å². The van der Waals surface area contributed by atoms with Crippen molar-refractivity contribution in [2.24, 2.45) is 0 Å². The van der Waals surface area contributed by atoms with E-state index in [-0.39, 0.29) is 17.9 Å². The first-order valence-corrected chi connectivity index (χ1v) is 10.4. The quantitative estimate of drug-likeness (QED) is 0.384. The van der Waals surface area contributed by atoms with Gasteiger partial charge >= 0.3 is 0 Å². The van der Waals surface area contributed by atoms with Crippen LogP contribution in [0, 0.1) is 6.92 Å². The van der Waals surface area contributed by atoms with Crippen LogP contribution in [-0.2, 0) is 21.4 Å². The van der Waals surface area contributed by atoms with Crippen molar-refractivity contribution in [2.45, 2.75) is 24.8 Å². The van der Waals surface area contributed by atoms with Gasteiger partial charge in [-0.15, -0.1) is 0 Å². The molecule has 0 atom stereocenters. The lowest BCUT2D eigenvalue weighted by Crippen LogP contribution is -2.29. The fraction of sp³-hybridized carbons (Fsp3) is 0.200. The second kappa shape index (κ2) is 8.99. The summed E-state index contributed by atoms with van der Waals surface area (Å²) in [5.74, 6) is -0.141. The summed E-state index contributed by atoms with van der Waals surface area (Å²) in [6.07, 6.45) is -0.170. The summed E-state index contributed by atoms with van der Waals surface area (Å²) in [7, 11) is -3.76. The molecule has 0 spiro atoms. The minimum Gasteiger partial charge on any atom is -0.489 e. The molecule has 152 valence electrons. The number of hydrogen-bond donors (Lipinski definition) is 3. The molecule has 1 amide bonds. The van der Waals surface area contributed by atoms with Gasteiger partial charge in [0.2, 0.25) is 15.9 Å². The van der Waals surface area contributed by atoms with Crippen LogP contribution in [0.2, 0.25) is 0 Å². The molecule has 1 aromatic heterocycles. The van der Waals surface area contributed by atoms with E-state index in [0.717, 1.165) is 22.2 Å². The summed E-state index contributed by atoms with van der Waals surface area (Å²) < 4.78 is 32.6. The molecule has 1 heterocycles. The molecule has 8 nitrogen and oxygen atoms in total. The van der Waals surface area contributed by atoms with Crippen LogP contribution in [-0.4, -0.2) is 31.1 Å². The largest absolute Gasteiger partial charge is 0.489 e. The van der Waals surface area contributed by atoms with Crippen molar-refractivity contribution in [3.63, 3.8) is 0 Å². The third kappa shape index (κ3) is 5.29. The number of para-hydroxylation sites is 1. The number of hydrogen-bond acceptors (Lipinski definition) is 6. The number of benzene rings is 2. The number of hydroxylamine groups is 1. The first-order chi connectivity index (χ1) is 13.9. The monoisotopic (exact) mass is 415 g/mol. The Morgan fingerprint density at radius 3 is 2.59 bits per heavy atom. The molecule has 29 heavy (non-hydrogen) atoms. The van der Waals surface area contributed by atoms with Gasteiger partial charge in [0.25, 0.3) is 0 Å². The maximum absolute atomic E-state index is 12.2. The first-order valence-electron chi connectivity index (χ1n) is 8.90. The molecule has 0 saturated carbocycles. The lowest BCUT2D eigenvalue weighted by molar-refractivity contribution is -0.129. The van der Waals surface area contributed by atoms with E-state index in [9.17, 15) is 13.2 Å². The SMILES string of the molecule is Cc1cc(COc2ccc(S(=O)(=O)NCCC(=O)NO)cc2)c2ccccc2n1. The Hall–Kier alpha value is -3.01. The number of aryl methyl sites for hydroxylation is 1. The van der Waals surface area contributed by atoms with Crippen LogP contribution in [0.15, 0.2) is 59.5 Å². The Morgan fingerprint density at radius 1 is 1.14 bits per heavy atom. The van der Waals surface area contributed by atoms with Gasteiger partial charge in [-0.1, -0.05) is 18.2 Å². The van der Waals surface area contributed by atoms with Crippen LogP contribution in [0.5, 0.6) is 5.75 Å². The topological polar surface area (TPSA) is 118 Å². The van der Waals surface area contributed by atoms with Crippen LogP contribution in [0.3, 0.4) is 0 Å². The fourth-order valence-electron chi connectivity index (χ4n) is 2.83. The van der Waals surface area contributed by atoms with E-state index in [1.165, 1.54) is 17.6 Å². The summed E-state index contributed by atoms with van der Waals surface area (Å²) in [4.78, 5) is 15.5. The Bertz CT molecular complexity index is 1110. The molecule has 0 unspecified atom stereocenters. The number of carbonyl (C=O) groups excluding carboxylic acids is 1. The molecule has 0 saturated heterocycles. The molecule has 9 heteroatoms. The van der Waals surface area contributed by atoms with E-state index >= 15 is 0 Å². The summed E-state index contributed by atoms with van der Waals surface area (Å²) >= 11 is 0. The Morgan fingerprint density at radius 2 is 1.86 bits per heavy atom. The fourth-order valence-corrected chi connectivity index (χ4v) is 3.86.